The van der Waals surface area contributed by atoms with E-state index in [1.165, 1.54) is 42.5 Å². The zero-order valence-corrected chi connectivity index (χ0v) is 19.6. The molecular formula is C23H24N2O5S2. The monoisotopic (exact) mass is 472 g/mol. The van der Waals surface area contributed by atoms with Gasteiger partial charge >= 0.3 is 10.1 Å². The Labute approximate surface area is 191 Å². The topological polar surface area (TPSA) is 92.8 Å². The minimum absolute atomic E-state index is 0.0336. The number of nitrogens with zero attached hydrogens (tertiary/aromatic N) is 1. The van der Waals surface area contributed by atoms with Gasteiger partial charge in [-0.05, 0) is 67.3 Å². The number of anilines is 1. The molecule has 0 spiro atoms. The summed E-state index contributed by atoms with van der Waals surface area (Å²) in [7, 11) is -4.06. The van der Waals surface area contributed by atoms with E-state index in [9.17, 15) is 18.0 Å². The second-order valence-electron chi connectivity index (χ2n) is 7.39. The van der Waals surface area contributed by atoms with Gasteiger partial charge in [0.05, 0.1) is 4.88 Å². The van der Waals surface area contributed by atoms with E-state index in [0.29, 0.717) is 17.1 Å². The largest absolute Gasteiger partial charge is 0.379 e. The van der Waals surface area contributed by atoms with Crippen LogP contribution in [0.1, 0.15) is 36.0 Å². The van der Waals surface area contributed by atoms with Crippen LogP contribution in [-0.4, -0.2) is 31.2 Å². The summed E-state index contributed by atoms with van der Waals surface area (Å²) in [5.41, 5.74) is 1.24. The summed E-state index contributed by atoms with van der Waals surface area (Å²) in [6, 6.07) is 16.0. The zero-order chi connectivity index (χ0) is 23.3. The first-order valence-electron chi connectivity index (χ1n) is 9.91. The summed E-state index contributed by atoms with van der Waals surface area (Å²) in [4.78, 5) is 26.3. The molecule has 0 fully saturated rings. The quantitative estimate of drug-likeness (QED) is 0.487. The van der Waals surface area contributed by atoms with Crippen molar-refractivity contribution >= 4 is 39.0 Å². The van der Waals surface area contributed by atoms with Crippen molar-refractivity contribution in [3.8, 4) is 5.75 Å². The van der Waals surface area contributed by atoms with Gasteiger partial charge in [-0.1, -0.05) is 18.2 Å². The third kappa shape index (κ3) is 5.95. The highest BCUT2D eigenvalue weighted by molar-refractivity contribution is 7.87. The van der Waals surface area contributed by atoms with Crippen LogP contribution in [0.25, 0.3) is 0 Å². The summed E-state index contributed by atoms with van der Waals surface area (Å²) >= 11 is 1.38. The zero-order valence-electron chi connectivity index (χ0n) is 17.9. The Morgan fingerprint density at radius 1 is 1.06 bits per heavy atom. The molecule has 168 valence electrons. The molecular weight excluding hydrogens is 448 g/mol. The number of thiophene rings is 1. The molecule has 7 nitrogen and oxygen atoms in total. The van der Waals surface area contributed by atoms with Crippen LogP contribution in [0.15, 0.2) is 70.9 Å². The summed E-state index contributed by atoms with van der Waals surface area (Å²) in [5, 5.41) is 4.44. The normalized spacial score (nSPS) is 11.2. The molecule has 9 heteroatoms. The lowest BCUT2D eigenvalue weighted by Crippen LogP contribution is -2.35. The highest BCUT2D eigenvalue weighted by atomic mass is 32.2. The minimum atomic E-state index is -4.06. The van der Waals surface area contributed by atoms with Crippen LogP contribution in [0.4, 0.5) is 5.69 Å². The smallest absolute Gasteiger partial charge is 0.339 e. The van der Waals surface area contributed by atoms with Crippen LogP contribution >= 0.6 is 11.3 Å². The lowest BCUT2D eigenvalue weighted by molar-refractivity contribution is -0.114. The second-order valence-corrected chi connectivity index (χ2v) is 9.89. The van der Waals surface area contributed by atoms with Gasteiger partial charge in [0.25, 0.3) is 5.91 Å². The molecule has 3 rings (SSSR count). The molecule has 32 heavy (non-hydrogen) atoms. The van der Waals surface area contributed by atoms with Crippen LogP contribution in [-0.2, 0) is 21.5 Å². The maximum atomic E-state index is 12.8. The van der Waals surface area contributed by atoms with Gasteiger partial charge in [-0.15, -0.1) is 11.3 Å². The van der Waals surface area contributed by atoms with Gasteiger partial charge in [-0.3, -0.25) is 9.59 Å². The predicted molar refractivity (Wildman–Crippen MR) is 124 cm³/mol. The molecule has 0 saturated heterocycles. The van der Waals surface area contributed by atoms with Crippen molar-refractivity contribution in [2.24, 2.45) is 0 Å². The standard InChI is InChI=1S/C23H24N2O5S2/c1-16(2)25(23(27)22-8-5-13-31-22)15-18-6-4-7-20(14-18)30-32(28,29)21-11-9-19(10-12-21)24-17(3)26/h4-14,16H,15H2,1-3H3,(H,24,26). The minimum Gasteiger partial charge on any atom is -0.379 e. The summed E-state index contributed by atoms with van der Waals surface area (Å²) in [6.07, 6.45) is 0. The molecule has 0 atom stereocenters. The van der Waals surface area contributed by atoms with Gasteiger partial charge in [0.2, 0.25) is 5.91 Å². The number of amides is 2. The maximum absolute atomic E-state index is 12.8. The SMILES string of the molecule is CC(=O)Nc1ccc(S(=O)(=O)Oc2cccc(CN(C(=O)c3cccs3)C(C)C)c2)cc1. The van der Waals surface area contributed by atoms with Gasteiger partial charge in [0, 0.05) is 25.2 Å². The molecule has 0 aliphatic carbocycles. The first-order chi connectivity index (χ1) is 15.2. The van der Waals surface area contributed by atoms with Crippen molar-refractivity contribution in [2.45, 2.75) is 38.3 Å². The van der Waals surface area contributed by atoms with Crippen molar-refractivity contribution in [3.05, 3.63) is 76.5 Å². The van der Waals surface area contributed by atoms with E-state index in [1.54, 1.807) is 29.2 Å². The molecule has 2 aromatic carbocycles. The van der Waals surface area contributed by atoms with Gasteiger partial charge in [-0.25, -0.2) is 0 Å². The van der Waals surface area contributed by atoms with Crippen molar-refractivity contribution in [1.82, 2.24) is 4.90 Å². The van der Waals surface area contributed by atoms with Gasteiger partial charge in [0.15, 0.2) is 0 Å². The maximum Gasteiger partial charge on any atom is 0.339 e. The molecule has 0 aliphatic rings. The molecule has 0 radical (unpaired) electrons. The Hall–Kier alpha value is -3.17. The number of hydrogen-bond acceptors (Lipinski definition) is 6. The molecule has 0 aliphatic heterocycles. The summed E-state index contributed by atoms with van der Waals surface area (Å²) in [6.45, 7) is 5.55. The van der Waals surface area contributed by atoms with E-state index in [0.717, 1.165) is 5.56 Å². The second kappa shape index (κ2) is 9.97. The van der Waals surface area contributed by atoms with Crippen molar-refractivity contribution in [1.29, 1.82) is 0 Å². The van der Waals surface area contributed by atoms with E-state index in [4.69, 9.17) is 4.18 Å². The molecule has 0 saturated carbocycles. The van der Waals surface area contributed by atoms with E-state index in [-0.39, 0.29) is 28.5 Å². The van der Waals surface area contributed by atoms with E-state index in [2.05, 4.69) is 5.32 Å². The Kier molecular flexibility index (Phi) is 7.32. The molecule has 1 heterocycles. The van der Waals surface area contributed by atoms with Crippen LogP contribution in [0.5, 0.6) is 5.75 Å². The summed E-state index contributed by atoms with van der Waals surface area (Å²) in [5.74, 6) is -0.171. The number of benzene rings is 2. The van der Waals surface area contributed by atoms with Crippen LogP contribution < -0.4 is 9.50 Å². The summed E-state index contributed by atoms with van der Waals surface area (Å²) < 4.78 is 30.6. The Bertz CT molecular complexity index is 1190. The fraction of sp³-hybridized carbons (Fsp3) is 0.217. The fourth-order valence-corrected chi connectivity index (χ4v) is 4.61. The molecule has 0 bridgehead atoms. The van der Waals surface area contributed by atoms with E-state index in [1.807, 2.05) is 31.4 Å². The Morgan fingerprint density at radius 2 is 1.78 bits per heavy atom. The Morgan fingerprint density at radius 3 is 2.38 bits per heavy atom. The first kappa shape index (κ1) is 23.5. The number of rotatable bonds is 8. The lowest BCUT2D eigenvalue weighted by atomic mass is 10.1. The highest BCUT2D eigenvalue weighted by Crippen LogP contribution is 2.23. The number of carbonyl (C=O) groups is 2. The third-order valence-corrected chi connectivity index (χ3v) is 6.66. The van der Waals surface area contributed by atoms with Crippen LogP contribution in [0.2, 0.25) is 0 Å². The fourth-order valence-electron chi connectivity index (χ4n) is 3.01. The first-order valence-corrected chi connectivity index (χ1v) is 12.2. The molecule has 1 N–H and O–H groups in total. The van der Waals surface area contributed by atoms with Crippen molar-refractivity contribution in [2.75, 3.05) is 5.32 Å². The Balaban J connectivity index is 1.76. The molecule has 0 unspecified atom stereocenters. The lowest BCUT2D eigenvalue weighted by Gasteiger charge is -2.26. The van der Waals surface area contributed by atoms with Crippen LogP contribution in [0.3, 0.4) is 0 Å². The average Bonchev–Trinajstić information content (AvgIpc) is 3.26. The van der Waals surface area contributed by atoms with Crippen LogP contribution in [0, 0.1) is 0 Å². The number of carbonyl (C=O) groups excluding carboxylic acids is 2. The van der Waals surface area contributed by atoms with Crippen molar-refractivity contribution in [3.63, 3.8) is 0 Å². The van der Waals surface area contributed by atoms with Crippen molar-refractivity contribution < 1.29 is 22.2 Å². The highest BCUT2D eigenvalue weighted by Gasteiger charge is 2.21. The van der Waals surface area contributed by atoms with Gasteiger partial charge in [0.1, 0.15) is 10.6 Å². The average molecular weight is 473 g/mol. The molecule has 3 aromatic rings. The predicted octanol–water partition coefficient (Wildman–Crippen LogP) is 4.53. The van der Waals surface area contributed by atoms with E-state index >= 15 is 0 Å². The molecule has 2 amide bonds. The van der Waals surface area contributed by atoms with E-state index < -0.39 is 10.1 Å². The third-order valence-electron chi connectivity index (χ3n) is 4.54. The number of nitrogens with one attached hydrogen (secondary N) is 1. The van der Waals surface area contributed by atoms with Gasteiger partial charge < -0.3 is 14.4 Å². The number of hydrogen-bond donors (Lipinski definition) is 1. The molecule has 1 aromatic heterocycles. The van der Waals surface area contributed by atoms with Gasteiger partial charge in [-0.2, -0.15) is 8.42 Å².